The Morgan fingerprint density at radius 1 is 1.10 bits per heavy atom. The number of benzene rings is 2. The van der Waals surface area contributed by atoms with Crippen molar-refractivity contribution in [3.8, 4) is 0 Å². The summed E-state index contributed by atoms with van der Waals surface area (Å²) in [7, 11) is 0. The number of carbonyl (C=O) groups is 1. The molecule has 0 atom stereocenters. The number of hydrogen-bond acceptors (Lipinski definition) is 2. The third-order valence-corrected chi connectivity index (χ3v) is 3.66. The topological polar surface area (TPSA) is 55.1 Å². The van der Waals surface area contributed by atoms with E-state index in [1.807, 2.05) is 0 Å². The molecule has 0 bridgehead atoms. The van der Waals surface area contributed by atoms with Crippen LogP contribution in [0.25, 0.3) is 0 Å². The van der Waals surface area contributed by atoms with Crippen LogP contribution >= 0.6 is 31.9 Å². The van der Waals surface area contributed by atoms with Gasteiger partial charge in [0, 0.05) is 8.95 Å². The van der Waals surface area contributed by atoms with Crippen molar-refractivity contribution in [1.29, 1.82) is 0 Å². The second-order valence-corrected chi connectivity index (χ2v) is 5.70. The highest BCUT2D eigenvalue weighted by Crippen LogP contribution is 2.25. The summed E-state index contributed by atoms with van der Waals surface area (Å²) in [5.74, 6) is -1.81. The maximum absolute atomic E-state index is 13.6. The fourth-order valence-corrected chi connectivity index (χ4v) is 2.35. The molecule has 0 aliphatic heterocycles. The van der Waals surface area contributed by atoms with Crippen molar-refractivity contribution in [2.75, 3.05) is 11.1 Å². The summed E-state index contributed by atoms with van der Waals surface area (Å²) in [6, 6.07) is 6.50. The molecule has 7 heteroatoms. The maximum Gasteiger partial charge on any atom is 0.256 e. The SMILES string of the molecule is Nc1cc(C(=O)Nc2ccc(Br)cc2F)c(Br)cc1F. The first-order valence-electron chi connectivity index (χ1n) is 5.39. The zero-order valence-electron chi connectivity index (χ0n) is 9.88. The number of nitrogens with two attached hydrogens (primary N) is 1. The van der Waals surface area contributed by atoms with E-state index in [2.05, 4.69) is 37.2 Å². The molecule has 3 N–H and O–H groups in total. The Kier molecular flexibility index (Phi) is 4.39. The molecule has 0 aliphatic carbocycles. The van der Waals surface area contributed by atoms with Gasteiger partial charge in [-0.15, -0.1) is 0 Å². The van der Waals surface area contributed by atoms with Gasteiger partial charge >= 0.3 is 0 Å². The molecule has 104 valence electrons. The molecule has 0 saturated heterocycles. The molecule has 0 radical (unpaired) electrons. The molecule has 0 aromatic heterocycles. The summed E-state index contributed by atoms with van der Waals surface area (Å²) < 4.78 is 27.6. The van der Waals surface area contributed by atoms with E-state index < -0.39 is 17.5 Å². The Hall–Kier alpha value is -1.47. The zero-order chi connectivity index (χ0) is 14.9. The van der Waals surface area contributed by atoms with Gasteiger partial charge in [0.2, 0.25) is 0 Å². The summed E-state index contributed by atoms with van der Waals surface area (Å²) >= 11 is 6.19. The number of nitrogens with one attached hydrogen (secondary N) is 1. The molecule has 0 saturated carbocycles. The van der Waals surface area contributed by atoms with Crippen LogP contribution in [-0.2, 0) is 0 Å². The Balaban J connectivity index is 2.31. The molecule has 0 fully saturated rings. The van der Waals surface area contributed by atoms with E-state index in [1.165, 1.54) is 18.2 Å². The molecule has 3 nitrogen and oxygen atoms in total. The maximum atomic E-state index is 13.6. The van der Waals surface area contributed by atoms with Crippen LogP contribution in [0.4, 0.5) is 20.2 Å². The van der Waals surface area contributed by atoms with Crippen LogP contribution in [-0.4, -0.2) is 5.91 Å². The largest absolute Gasteiger partial charge is 0.396 e. The highest BCUT2D eigenvalue weighted by Gasteiger charge is 2.15. The number of rotatable bonds is 2. The van der Waals surface area contributed by atoms with Crippen LogP contribution in [0.1, 0.15) is 10.4 Å². The molecule has 0 unspecified atom stereocenters. The molecule has 1 amide bonds. The number of halogens is 4. The molecule has 2 rings (SSSR count). The van der Waals surface area contributed by atoms with Crippen LogP contribution < -0.4 is 11.1 Å². The number of hydrogen-bond donors (Lipinski definition) is 2. The van der Waals surface area contributed by atoms with E-state index in [4.69, 9.17) is 5.73 Å². The fraction of sp³-hybridized carbons (Fsp3) is 0. The van der Waals surface area contributed by atoms with Gasteiger partial charge in [-0.25, -0.2) is 8.78 Å². The van der Waals surface area contributed by atoms with Crippen molar-refractivity contribution >= 4 is 49.1 Å². The van der Waals surface area contributed by atoms with E-state index in [0.29, 0.717) is 4.47 Å². The Labute approximate surface area is 130 Å². The van der Waals surface area contributed by atoms with Gasteiger partial charge in [-0.2, -0.15) is 0 Å². The second kappa shape index (κ2) is 5.88. The second-order valence-electron chi connectivity index (χ2n) is 3.93. The lowest BCUT2D eigenvalue weighted by atomic mass is 10.1. The van der Waals surface area contributed by atoms with Crippen LogP contribution in [0, 0.1) is 11.6 Å². The minimum Gasteiger partial charge on any atom is -0.396 e. The molecule has 20 heavy (non-hydrogen) atoms. The minimum atomic E-state index is -0.636. The Morgan fingerprint density at radius 2 is 1.80 bits per heavy atom. The van der Waals surface area contributed by atoms with Crippen molar-refractivity contribution in [2.24, 2.45) is 0 Å². The first kappa shape index (κ1) is 14.9. The van der Waals surface area contributed by atoms with E-state index in [0.717, 1.165) is 6.07 Å². The van der Waals surface area contributed by atoms with Crippen molar-refractivity contribution in [3.63, 3.8) is 0 Å². The lowest BCUT2D eigenvalue weighted by molar-refractivity contribution is 0.102. The lowest BCUT2D eigenvalue weighted by Gasteiger charge is -2.09. The average Bonchev–Trinajstić information content (AvgIpc) is 2.37. The van der Waals surface area contributed by atoms with Crippen molar-refractivity contribution in [1.82, 2.24) is 0 Å². The first-order valence-corrected chi connectivity index (χ1v) is 6.98. The molecular formula is C13H8Br2F2N2O. The quantitative estimate of drug-likeness (QED) is 0.731. The smallest absolute Gasteiger partial charge is 0.256 e. The highest BCUT2D eigenvalue weighted by molar-refractivity contribution is 9.10. The van der Waals surface area contributed by atoms with Gasteiger partial charge in [-0.1, -0.05) is 15.9 Å². The average molecular weight is 406 g/mol. The predicted octanol–water partition coefficient (Wildman–Crippen LogP) is 4.32. The van der Waals surface area contributed by atoms with Crippen molar-refractivity contribution < 1.29 is 13.6 Å². The van der Waals surface area contributed by atoms with E-state index in [1.54, 1.807) is 6.07 Å². The van der Waals surface area contributed by atoms with Crippen molar-refractivity contribution in [3.05, 3.63) is 56.5 Å². The molecule has 2 aromatic carbocycles. The van der Waals surface area contributed by atoms with Gasteiger partial charge in [0.05, 0.1) is 16.9 Å². The van der Waals surface area contributed by atoms with Gasteiger partial charge in [-0.3, -0.25) is 4.79 Å². The minimum absolute atomic E-state index is 0.0213. The fourth-order valence-electron chi connectivity index (χ4n) is 1.52. The Morgan fingerprint density at radius 3 is 2.45 bits per heavy atom. The molecular weight excluding hydrogens is 398 g/mol. The summed E-state index contributed by atoms with van der Waals surface area (Å²) in [5.41, 5.74) is 5.39. The van der Waals surface area contributed by atoms with Crippen molar-refractivity contribution in [2.45, 2.75) is 0 Å². The summed E-state index contributed by atoms with van der Waals surface area (Å²) in [5, 5.41) is 2.40. The third-order valence-electron chi connectivity index (χ3n) is 2.51. The monoisotopic (exact) mass is 404 g/mol. The molecule has 0 spiro atoms. The highest BCUT2D eigenvalue weighted by atomic mass is 79.9. The standard InChI is InChI=1S/C13H8Br2F2N2O/c14-6-1-2-12(10(17)3-6)19-13(20)7-4-11(18)9(16)5-8(7)15/h1-5H,18H2,(H,19,20). The third kappa shape index (κ3) is 3.16. The van der Waals surface area contributed by atoms with Gasteiger partial charge in [0.25, 0.3) is 5.91 Å². The Bertz CT molecular complexity index is 692. The summed E-state index contributed by atoms with van der Waals surface area (Å²) in [6.45, 7) is 0. The molecule has 0 aliphatic rings. The molecule has 0 heterocycles. The molecule has 2 aromatic rings. The normalized spacial score (nSPS) is 10.4. The van der Waals surface area contributed by atoms with E-state index in [-0.39, 0.29) is 21.4 Å². The predicted molar refractivity (Wildman–Crippen MR) is 80.6 cm³/mol. The number of amides is 1. The summed E-state index contributed by atoms with van der Waals surface area (Å²) in [4.78, 5) is 12.0. The number of nitrogen functional groups attached to an aromatic ring is 1. The number of carbonyl (C=O) groups excluding carboxylic acids is 1. The van der Waals surface area contributed by atoms with E-state index in [9.17, 15) is 13.6 Å². The van der Waals surface area contributed by atoms with Crippen LogP contribution in [0.2, 0.25) is 0 Å². The van der Waals surface area contributed by atoms with E-state index >= 15 is 0 Å². The van der Waals surface area contributed by atoms with Gasteiger partial charge in [0.15, 0.2) is 0 Å². The lowest BCUT2D eigenvalue weighted by Crippen LogP contribution is -2.14. The van der Waals surface area contributed by atoms with Crippen LogP contribution in [0.5, 0.6) is 0 Å². The first-order chi connectivity index (χ1) is 9.38. The van der Waals surface area contributed by atoms with Gasteiger partial charge < -0.3 is 11.1 Å². The zero-order valence-corrected chi connectivity index (χ0v) is 13.1. The van der Waals surface area contributed by atoms with Crippen LogP contribution in [0.3, 0.4) is 0 Å². The number of anilines is 2. The summed E-state index contributed by atoms with van der Waals surface area (Å²) in [6.07, 6.45) is 0. The van der Waals surface area contributed by atoms with Gasteiger partial charge in [-0.05, 0) is 46.3 Å². The van der Waals surface area contributed by atoms with Gasteiger partial charge in [0.1, 0.15) is 11.6 Å². The van der Waals surface area contributed by atoms with Crippen LogP contribution in [0.15, 0.2) is 39.3 Å².